The first kappa shape index (κ1) is 15.7. The van der Waals surface area contributed by atoms with Crippen LogP contribution in [0.25, 0.3) is 5.69 Å². The molecule has 0 saturated carbocycles. The first-order valence-electron chi connectivity index (χ1n) is 7.07. The summed E-state index contributed by atoms with van der Waals surface area (Å²) in [5.41, 5.74) is -0.378. The van der Waals surface area contributed by atoms with Gasteiger partial charge in [-0.1, -0.05) is 23.2 Å². The largest absolute Gasteiger partial charge is 0.494 e. The minimum absolute atomic E-state index is 0.0663. The Morgan fingerprint density at radius 2 is 1.52 bits per heavy atom. The Morgan fingerprint density at radius 1 is 0.920 bits per heavy atom. The average molecular weight is 375 g/mol. The van der Waals surface area contributed by atoms with Gasteiger partial charge in [0.05, 0.1) is 16.8 Å². The van der Waals surface area contributed by atoms with Gasteiger partial charge in [-0.15, -0.1) is 0 Å². The van der Waals surface area contributed by atoms with Crippen molar-refractivity contribution in [2.45, 2.75) is 0 Å². The second kappa shape index (κ2) is 5.34. The number of nitrogens with zero attached hydrogens (tertiary/aromatic N) is 2. The van der Waals surface area contributed by atoms with Gasteiger partial charge >= 0.3 is 0 Å². The van der Waals surface area contributed by atoms with Gasteiger partial charge in [0.1, 0.15) is 11.3 Å². The molecule has 6 nitrogen and oxygen atoms in total. The molecule has 0 amide bonds. The van der Waals surface area contributed by atoms with Gasteiger partial charge in [-0.3, -0.25) is 19.1 Å². The van der Waals surface area contributed by atoms with Gasteiger partial charge < -0.3 is 10.2 Å². The Balaban J connectivity index is 2.04. The molecule has 1 aliphatic carbocycles. The zero-order chi connectivity index (χ0) is 17.9. The first-order valence-corrected chi connectivity index (χ1v) is 7.83. The molecule has 4 rings (SSSR count). The number of hydrogen-bond acceptors (Lipinski definition) is 5. The molecule has 0 bridgehead atoms. The molecular weight excluding hydrogens is 367 g/mol. The Hall–Kier alpha value is -2.83. The number of aromatic nitrogens is 2. The first-order chi connectivity index (χ1) is 11.9. The van der Waals surface area contributed by atoms with E-state index in [-0.39, 0.29) is 38.1 Å². The van der Waals surface area contributed by atoms with E-state index in [9.17, 15) is 19.8 Å². The molecule has 1 aromatic carbocycles. The number of hydrogen-bond donors (Lipinski definition) is 2. The number of rotatable bonds is 1. The fourth-order valence-corrected chi connectivity index (χ4v) is 3.43. The summed E-state index contributed by atoms with van der Waals surface area (Å²) in [6, 6.07) is 7.28. The summed E-state index contributed by atoms with van der Waals surface area (Å²) in [7, 11) is 0. The highest BCUT2D eigenvalue weighted by Gasteiger charge is 2.39. The van der Waals surface area contributed by atoms with Crippen LogP contribution >= 0.6 is 23.2 Å². The highest BCUT2D eigenvalue weighted by atomic mass is 35.5. The van der Waals surface area contributed by atoms with Gasteiger partial charge in [-0.2, -0.15) is 0 Å². The summed E-state index contributed by atoms with van der Waals surface area (Å²) in [6.07, 6.45) is 1.37. The molecule has 2 heterocycles. The Morgan fingerprint density at radius 3 is 2.16 bits per heavy atom. The number of carbonyl (C=O) groups is 2. The third-order valence-corrected chi connectivity index (χ3v) is 4.38. The Labute approximate surface area is 150 Å². The van der Waals surface area contributed by atoms with E-state index in [2.05, 4.69) is 4.98 Å². The Kier molecular flexibility index (Phi) is 3.35. The summed E-state index contributed by atoms with van der Waals surface area (Å²) in [5.74, 6) is -2.40. The van der Waals surface area contributed by atoms with E-state index in [4.69, 9.17) is 23.2 Å². The van der Waals surface area contributed by atoms with Crippen molar-refractivity contribution in [3.05, 3.63) is 69.0 Å². The smallest absolute Gasteiger partial charge is 0.218 e. The molecule has 3 aromatic rings. The van der Waals surface area contributed by atoms with Gasteiger partial charge in [0.25, 0.3) is 0 Å². The van der Waals surface area contributed by atoms with Gasteiger partial charge in [-0.05, 0) is 30.3 Å². The lowest BCUT2D eigenvalue weighted by molar-refractivity contribution is 0.0972. The van der Waals surface area contributed by atoms with Gasteiger partial charge in [0.2, 0.25) is 23.3 Å². The quantitative estimate of drug-likeness (QED) is 0.532. The van der Waals surface area contributed by atoms with Gasteiger partial charge in [-0.25, -0.2) is 0 Å². The molecule has 0 unspecified atom stereocenters. The lowest BCUT2D eigenvalue weighted by Crippen LogP contribution is -2.20. The van der Waals surface area contributed by atoms with Crippen LogP contribution in [0.4, 0.5) is 0 Å². The number of carbonyl (C=O) groups excluding carboxylic acids is 2. The maximum atomic E-state index is 12.7. The molecular formula is C17H8Cl2N2O4. The molecule has 2 aromatic heterocycles. The molecule has 0 aliphatic heterocycles. The van der Waals surface area contributed by atoms with Gasteiger partial charge in [0.15, 0.2) is 0 Å². The maximum absolute atomic E-state index is 12.7. The van der Waals surface area contributed by atoms with Crippen molar-refractivity contribution in [3.63, 3.8) is 0 Å². The topological polar surface area (TPSA) is 92.4 Å². The summed E-state index contributed by atoms with van der Waals surface area (Å²) in [6.45, 7) is 0. The average Bonchev–Trinajstić information content (AvgIpc) is 2.83. The van der Waals surface area contributed by atoms with E-state index in [1.165, 1.54) is 36.5 Å². The second-order valence-electron chi connectivity index (χ2n) is 5.42. The van der Waals surface area contributed by atoms with Crippen molar-refractivity contribution in [2.24, 2.45) is 0 Å². The van der Waals surface area contributed by atoms with Crippen LogP contribution in [0, 0.1) is 0 Å². The SMILES string of the molecule is O=C1c2cccnc2C(=O)c2c1c(O)n(-c1cc(Cl)cc(Cl)c1)c2O. The van der Waals surface area contributed by atoms with E-state index in [0.717, 1.165) is 4.57 Å². The highest BCUT2D eigenvalue weighted by Crippen LogP contribution is 2.42. The van der Waals surface area contributed by atoms with E-state index in [1.807, 2.05) is 0 Å². The van der Waals surface area contributed by atoms with Crippen molar-refractivity contribution in [1.82, 2.24) is 9.55 Å². The number of aromatic hydroxyl groups is 2. The third-order valence-electron chi connectivity index (χ3n) is 3.95. The summed E-state index contributed by atoms with van der Waals surface area (Å²) < 4.78 is 0.949. The molecule has 25 heavy (non-hydrogen) atoms. The maximum Gasteiger partial charge on any atom is 0.218 e. The number of fused-ring (bicyclic) bond motifs is 2. The van der Waals surface area contributed by atoms with Gasteiger partial charge in [0, 0.05) is 16.2 Å². The number of halogens is 2. The third kappa shape index (κ3) is 2.15. The van der Waals surface area contributed by atoms with Crippen LogP contribution < -0.4 is 0 Å². The normalized spacial score (nSPS) is 12.9. The molecule has 1 aliphatic rings. The van der Waals surface area contributed by atoms with Crippen molar-refractivity contribution >= 4 is 34.8 Å². The zero-order valence-electron chi connectivity index (χ0n) is 12.3. The van der Waals surface area contributed by atoms with E-state index in [1.54, 1.807) is 0 Å². The molecule has 0 radical (unpaired) electrons. The molecule has 8 heteroatoms. The van der Waals surface area contributed by atoms with Crippen LogP contribution in [0.1, 0.15) is 32.0 Å². The van der Waals surface area contributed by atoms with Crippen LogP contribution in [0.3, 0.4) is 0 Å². The standard InChI is InChI=1S/C17H8Cl2N2O4/c18-7-4-8(19)6-9(5-7)21-16(24)11-12(17(21)25)15(23)13-10(14(11)22)2-1-3-20-13/h1-6,24-25H. The molecule has 0 atom stereocenters. The van der Waals surface area contributed by atoms with E-state index >= 15 is 0 Å². The predicted octanol–water partition coefficient (Wildman–Crippen LogP) is 3.37. The molecule has 0 saturated heterocycles. The van der Waals surface area contributed by atoms with Crippen LogP contribution in [0.15, 0.2) is 36.5 Å². The molecule has 0 spiro atoms. The van der Waals surface area contributed by atoms with Crippen LogP contribution in [-0.2, 0) is 0 Å². The fourth-order valence-electron chi connectivity index (χ4n) is 2.91. The van der Waals surface area contributed by atoms with Crippen molar-refractivity contribution in [2.75, 3.05) is 0 Å². The van der Waals surface area contributed by atoms with Crippen molar-refractivity contribution < 1.29 is 19.8 Å². The number of benzene rings is 1. The minimum atomic E-state index is -0.648. The minimum Gasteiger partial charge on any atom is -0.494 e. The Bertz CT molecular complexity index is 1010. The molecule has 2 N–H and O–H groups in total. The lowest BCUT2D eigenvalue weighted by Gasteiger charge is -2.12. The summed E-state index contributed by atoms with van der Waals surface area (Å²) in [5, 5.41) is 21.6. The molecule has 0 fully saturated rings. The lowest BCUT2D eigenvalue weighted by atomic mass is 9.89. The van der Waals surface area contributed by atoms with Crippen molar-refractivity contribution in [3.8, 4) is 17.4 Å². The fraction of sp³-hybridized carbons (Fsp3) is 0. The van der Waals surface area contributed by atoms with Crippen LogP contribution in [-0.4, -0.2) is 31.3 Å². The zero-order valence-corrected chi connectivity index (χ0v) is 13.8. The highest BCUT2D eigenvalue weighted by molar-refractivity contribution is 6.35. The van der Waals surface area contributed by atoms with Crippen LogP contribution in [0.5, 0.6) is 11.8 Å². The second-order valence-corrected chi connectivity index (χ2v) is 6.29. The van der Waals surface area contributed by atoms with E-state index < -0.39 is 23.3 Å². The predicted molar refractivity (Wildman–Crippen MR) is 90.2 cm³/mol. The van der Waals surface area contributed by atoms with E-state index in [0.29, 0.717) is 0 Å². The van der Waals surface area contributed by atoms with Crippen LogP contribution in [0.2, 0.25) is 10.0 Å². The summed E-state index contributed by atoms with van der Waals surface area (Å²) in [4.78, 5) is 29.2. The monoisotopic (exact) mass is 374 g/mol. The summed E-state index contributed by atoms with van der Waals surface area (Å²) >= 11 is 11.9. The number of ketones is 2. The molecule has 124 valence electrons. The van der Waals surface area contributed by atoms with Crippen molar-refractivity contribution in [1.29, 1.82) is 0 Å². The number of pyridine rings is 1.